The van der Waals surface area contributed by atoms with Gasteiger partial charge in [-0.05, 0) is 31.9 Å². The second kappa shape index (κ2) is 7.47. The Morgan fingerprint density at radius 1 is 1.23 bits per heavy atom. The van der Waals surface area contributed by atoms with Gasteiger partial charge in [-0.2, -0.15) is 0 Å². The average Bonchev–Trinajstić information content (AvgIpc) is 2.51. The van der Waals surface area contributed by atoms with Gasteiger partial charge in [0.25, 0.3) is 0 Å². The van der Waals surface area contributed by atoms with Crippen molar-refractivity contribution in [1.82, 2.24) is 15.2 Å². The number of aromatic nitrogens is 1. The summed E-state index contributed by atoms with van der Waals surface area (Å²) in [5.41, 5.74) is 3.30. The topological polar surface area (TPSA) is 48.5 Å². The number of rotatable bonds is 4. The second-order valence-corrected chi connectivity index (χ2v) is 6.28. The molecular weight excluding hydrogens is 276 g/mol. The lowest BCUT2D eigenvalue weighted by molar-refractivity contribution is 0.192. The third kappa shape index (κ3) is 4.36. The summed E-state index contributed by atoms with van der Waals surface area (Å²) in [6.45, 7) is 12.4. The summed E-state index contributed by atoms with van der Waals surface area (Å²) < 4.78 is 0. The number of piperazine rings is 1. The van der Waals surface area contributed by atoms with Crippen molar-refractivity contribution in [2.45, 2.75) is 34.1 Å². The van der Waals surface area contributed by atoms with E-state index in [-0.39, 0.29) is 6.03 Å². The highest BCUT2D eigenvalue weighted by atomic mass is 16.2. The minimum atomic E-state index is 0.0713. The van der Waals surface area contributed by atoms with Gasteiger partial charge in [-0.25, -0.2) is 4.79 Å². The van der Waals surface area contributed by atoms with E-state index in [0.29, 0.717) is 5.92 Å². The van der Waals surface area contributed by atoms with Crippen molar-refractivity contribution in [3.63, 3.8) is 0 Å². The van der Waals surface area contributed by atoms with Crippen molar-refractivity contribution < 1.29 is 4.79 Å². The molecule has 1 saturated heterocycles. The van der Waals surface area contributed by atoms with E-state index in [9.17, 15) is 4.79 Å². The van der Waals surface area contributed by atoms with Crippen LogP contribution in [-0.4, -0.2) is 48.6 Å². The molecule has 1 aromatic rings. The molecule has 5 heteroatoms. The lowest BCUT2D eigenvalue weighted by Crippen LogP contribution is -2.52. The van der Waals surface area contributed by atoms with Gasteiger partial charge in [0, 0.05) is 49.8 Å². The molecule has 1 aliphatic heterocycles. The quantitative estimate of drug-likeness (QED) is 0.930. The Morgan fingerprint density at radius 3 is 2.36 bits per heavy atom. The third-order valence-corrected chi connectivity index (χ3v) is 4.30. The van der Waals surface area contributed by atoms with Crippen LogP contribution in [0.15, 0.2) is 12.1 Å². The van der Waals surface area contributed by atoms with Crippen molar-refractivity contribution >= 4 is 11.7 Å². The summed E-state index contributed by atoms with van der Waals surface area (Å²) in [5.74, 6) is 0.535. The molecule has 1 aliphatic rings. The molecule has 1 fully saturated rings. The van der Waals surface area contributed by atoms with E-state index in [1.807, 2.05) is 18.7 Å². The summed E-state index contributed by atoms with van der Waals surface area (Å²) in [4.78, 5) is 20.8. The lowest BCUT2D eigenvalue weighted by atomic mass is 10.1. The van der Waals surface area contributed by atoms with Crippen molar-refractivity contribution in [1.29, 1.82) is 0 Å². The number of hydrogen-bond donors (Lipinski definition) is 1. The molecule has 2 rings (SSSR count). The zero-order chi connectivity index (χ0) is 16.1. The Bertz CT molecular complexity index is 489. The number of pyridine rings is 1. The molecule has 2 heterocycles. The molecule has 122 valence electrons. The molecule has 0 aromatic carbocycles. The molecule has 1 aromatic heterocycles. The third-order valence-electron chi connectivity index (χ3n) is 4.30. The SMILES string of the molecule is CC[C@H](C)CNC(=O)N1CCN(c2cc(C)nc(C)c2)CC1. The van der Waals surface area contributed by atoms with E-state index >= 15 is 0 Å². The second-order valence-electron chi connectivity index (χ2n) is 6.28. The van der Waals surface area contributed by atoms with Crippen LogP contribution in [0.5, 0.6) is 0 Å². The summed E-state index contributed by atoms with van der Waals surface area (Å²) in [6.07, 6.45) is 1.09. The molecule has 0 saturated carbocycles. The predicted molar refractivity (Wildman–Crippen MR) is 90.4 cm³/mol. The number of aryl methyl sites for hydroxylation is 2. The van der Waals surface area contributed by atoms with Crippen LogP contribution in [0.1, 0.15) is 31.7 Å². The van der Waals surface area contributed by atoms with Crippen molar-refractivity contribution in [2.75, 3.05) is 37.6 Å². The molecule has 22 heavy (non-hydrogen) atoms. The highest BCUT2D eigenvalue weighted by Gasteiger charge is 2.21. The van der Waals surface area contributed by atoms with Crippen LogP contribution < -0.4 is 10.2 Å². The summed E-state index contributed by atoms with van der Waals surface area (Å²) >= 11 is 0. The lowest BCUT2D eigenvalue weighted by Gasteiger charge is -2.36. The maximum absolute atomic E-state index is 12.2. The van der Waals surface area contributed by atoms with Gasteiger partial charge in [0.15, 0.2) is 0 Å². The van der Waals surface area contributed by atoms with Gasteiger partial charge in [-0.15, -0.1) is 0 Å². The van der Waals surface area contributed by atoms with Gasteiger partial charge in [0.05, 0.1) is 0 Å². The van der Waals surface area contributed by atoms with E-state index in [4.69, 9.17) is 0 Å². The Labute approximate surface area is 133 Å². The van der Waals surface area contributed by atoms with E-state index in [0.717, 1.165) is 50.5 Å². The van der Waals surface area contributed by atoms with Gasteiger partial charge in [0.1, 0.15) is 0 Å². The minimum Gasteiger partial charge on any atom is -0.368 e. The van der Waals surface area contributed by atoms with Gasteiger partial charge in [0.2, 0.25) is 0 Å². The number of nitrogens with one attached hydrogen (secondary N) is 1. The highest BCUT2D eigenvalue weighted by molar-refractivity contribution is 5.74. The highest BCUT2D eigenvalue weighted by Crippen LogP contribution is 2.18. The van der Waals surface area contributed by atoms with E-state index in [2.05, 4.69) is 41.2 Å². The predicted octanol–water partition coefficient (Wildman–Crippen LogP) is 2.58. The number of carbonyl (C=O) groups is 1. The van der Waals surface area contributed by atoms with Gasteiger partial charge in [-0.3, -0.25) is 4.98 Å². The van der Waals surface area contributed by atoms with Gasteiger partial charge < -0.3 is 15.1 Å². The van der Waals surface area contributed by atoms with Crippen molar-refractivity contribution in [2.24, 2.45) is 5.92 Å². The van der Waals surface area contributed by atoms with Gasteiger partial charge >= 0.3 is 6.03 Å². The number of urea groups is 1. The minimum absolute atomic E-state index is 0.0713. The maximum Gasteiger partial charge on any atom is 0.317 e. The molecule has 0 unspecified atom stereocenters. The smallest absolute Gasteiger partial charge is 0.317 e. The first-order valence-electron chi connectivity index (χ1n) is 8.22. The first-order valence-corrected chi connectivity index (χ1v) is 8.22. The molecule has 0 bridgehead atoms. The number of anilines is 1. The number of hydrogen-bond acceptors (Lipinski definition) is 3. The number of amides is 2. The van der Waals surface area contributed by atoms with Crippen molar-refractivity contribution in [3.05, 3.63) is 23.5 Å². The van der Waals surface area contributed by atoms with Crippen LogP contribution in [0.4, 0.5) is 10.5 Å². The van der Waals surface area contributed by atoms with E-state index in [1.54, 1.807) is 0 Å². The Kier molecular flexibility index (Phi) is 5.63. The molecule has 0 aliphatic carbocycles. The number of carbonyl (C=O) groups excluding carboxylic acids is 1. The zero-order valence-electron chi connectivity index (χ0n) is 14.2. The first-order chi connectivity index (χ1) is 10.5. The standard InChI is InChI=1S/C17H28N4O/c1-5-13(2)12-18-17(22)21-8-6-20(7-9-21)16-10-14(3)19-15(4)11-16/h10-11,13H,5-9,12H2,1-4H3,(H,18,22)/t13-/m0/s1. The normalized spacial score (nSPS) is 16.5. The summed E-state index contributed by atoms with van der Waals surface area (Å²) in [5, 5.41) is 3.03. The molecular formula is C17H28N4O. The fraction of sp³-hybridized carbons (Fsp3) is 0.647. The van der Waals surface area contributed by atoms with Crippen LogP contribution in [0.25, 0.3) is 0 Å². The Hall–Kier alpha value is -1.78. The van der Waals surface area contributed by atoms with Gasteiger partial charge in [-0.1, -0.05) is 20.3 Å². The van der Waals surface area contributed by atoms with Crippen LogP contribution in [-0.2, 0) is 0 Å². The fourth-order valence-corrected chi connectivity index (χ4v) is 2.68. The summed E-state index contributed by atoms with van der Waals surface area (Å²) in [6, 6.07) is 4.30. The van der Waals surface area contributed by atoms with Crippen LogP contribution in [0.3, 0.4) is 0 Å². The molecule has 0 spiro atoms. The monoisotopic (exact) mass is 304 g/mol. The van der Waals surface area contributed by atoms with Crippen molar-refractivity contribution in [3.8, 4) is 0 Å². The molecule has 0 radical (unpaired) electrons. The molecule has 1 N–H and O–H groups in total. The largest absolute Gasteiger partial charge is 0.368 e. The maximum atomic E-state index is 12.2. The van der Waals surface area contributed by atoms with E-state index in [1.165, 1.54) is 5.69 Å². The first kappa shape index (κ1) is 16.6. The Morgan fingerprint density at radius 2 is 1.82 bits per heavy atom. The Balaban J connectivity index is 1.86. The van der Waals surface area contributed by atoms with Crippen LogP contribution >= 0.6 is 0 Å². The van der Waals surface area contributed by atoms with Crippen LogP contribution in [0.2, 0.25) is 0 Å². The van der Waals surface area contributed by atoms with E-state index < -0.39 is 0 Å². The summed E-state index contributed by atoms with van der Waals surface area (Å²) in [7, 11) is 0. The van der Waals surface area contributed by atoms with Crippen LogP contribution in [0, 0.1) is 19.8 Å². The molecule has 2 amide bonds. The zero-order valence-corrected chi connectivity index (χ0v) is 14.2. The molecule has 5 nitrogen and oxygen atoms in total. The molecule has 1 atom stereocenters. The average molecular weight is 304 g/mol. The fourth-order valence-electron chi connectivity index (χ4n) is 2.68. The number of nitrogens with zero attached hydrogens (tertiary/aromatic N) is 3.